The topological polar surface area (TPSA) is 245 Å². The van der Waals surface area contributed by atoms with Crippen LogP contribution in [-0.2, 0) is 47.6 Å². The number of Topliss-reactive ketones (excluding diaryl/α,β-unsaturated/α-hetero) is 1. The van der Waals surface area contributed by atoms with Gasteiger partial charge in [0.15, 0.2) is 11.5 Å². The Balaban J connectivity index is 1.49. The summed E-state index contributed by atoms with van der Waals surface area (Å²) in [7, 11) is 0. The summed E-state index contributed by atoms with van der Waals surface area (Å²) >= 11 is 0. The van der Waals surface area contributed by atoms with Gasteiger partial charge < -0.3 is 59.1 Å². The number of aliphatic hydroxyl groups is 6. The van der Waals surface area contributed by atoms with Crippen LogP contribution < -0.4 is 0 Å². The Kier molecular flexibility index (Phi) is 9.75. The van der Waals surface area contributed by atoms with Gasteiger partial charge in [-0.3, -0.25) is 4.79 Å². The number of esters is 3. The first-order chi connectivity index (χ1) is 23.9. The Morgan fingerprint density at radius 2 is 1.75 bits per heavy atom. The fraction of sp³-hybridized carbons (Fsp3) is 0.771. The molecule has 6 aliphatic rings. The minimum atomic E-state index is -2.36. The van der Waals surface area contributed by atoms with Gasteiger partial charge in [0, 0.05) is 23.3 Å². The van der Waals surface area contributed by atoms with Crippen LogP contribution in [-0.4, -0.2) is 134 Å². The molecule has 0 aromatic rings. The maximum Gasteiger partial charge on any atom is 0.348 e. The molecule has 2 saturated carbocycles. The van der Waals surface area contributed by atoms with E-state index in [1.54, 1.807) is 41.5 Å². The first kappa shape index (κ1) is 37.8. The lowest BCUT2D eigenvalue weighted by Crippen LogP contribution is -2.79. The Hall–Kier alpha value is -2.96. The molecule has 2 bridgehead atoms. The van der Waals surface area contributed by atoms with E-state index in [1.807, 2.05) is 0 Å². The van der Waals surface area contributed by atoms with E-state index < -0.39 is 132 Å². The third kappa shape index (κ3) is 5.39. The molecule has 6 N–H and O–H groups in total. The molecule has 3 saturated heterocycles. The largest absolute Gasteiger partial charge is 0.460 e. The first-order valence-corrected chi connectivity index (χ1v) is 17.4. The van der Waals surface area contributed by atoms with Crippen LogP contribution in [0.15, 0.2) is 23.5 Å². The van der Waals surface area contributed by atoms with Crippen molar-refractivity contribution in [2.45, 2.75) is 121 Å². The predicted octanol–water partition coefficient (Wildman–Crippen LogP) is -1.20. The van der Waals surface area contributed by atoms with Crippen LogP contribution in [0.2, 0.25) is 0 Å². The molecule has 1 spiro atoms. The molecule has 16 heteroatoms. The van der Waals surface area contributed by atoms with Crippen molar-refractivity contribution in [1.29, 1.82) is 0 Å². The molecule has 3 aliphatic heterocycles. The van der Waals surface area contributed by atoms with Crippen molar-refractivity contribution in [3.05, 3.63) is 23.5 Å². The van der Waals surface area contributed by atoms with Crippen LogP contribution in [0, 0.1) is 34.5 Å². The van der Waals surface area contributed by atoms with E-state index in [0.29, 0.717) is 12.0 Å². The van der Waals surface area contributed by atoms with Gasteiger partial charge >= 0.3 is 17.9 Å². The molecule has 0 aromatic carbocycles. The number of hydrogen-bond donors (Lipinski definition) is 6. The molecule has 5 fully saturated rings. The normalized spacial score (nSPS) is 47.5. The second-order valence-electron chi connectivity index (χ2n) is 15.4. The molecular formula is C35H48O16. The quantitative estimate of drug-likeness (QED) is 0.0978. The molecule has 17 atom stereocenters. The van der Waals surface area contributed by atoms with Gasteiger partial charge in [-0.25, -0.2) is 14.4 Å². The number of ketones is 1. The summed E-state index contributed by atoms with van der Waals surface area (Å²) < 4.78 is 35.1. The van der Waals surface area contributed by atoms with Crippen LogP contribution in [0.4, 0.5) is 0 Å². The smallest absolute Gasteiger partial charge is 0.348 e. The molecule has 16 nitrogen and oxygen atoms in total. The number of ether oxygens (including phenoxy) is 6. The summed E-state index contributed by atoms with van der Waals surface area (Å²) in [6.07, 6.45) is -12.5. The molecule has 51 heavy (non-hydrogen) atoms. The summed E-state index contributed by atoms with van der Waals surface area (Å²) in [5.41, 5.74) is -4.56. The van der Waals surface area contributed by atoms with E-state index in [2.05, 4.69) is 0 Å². The fourth-order valence-electron chi connectivity index (χ4n) is 9.77. The lowest BCUT2D eigenvalue weighted by Gasteiger charge is -2.67. The highest BCUT2D eigenvalue weighted by molar-refractivity contribution is 5.97. The Morgan fingerprint density at radius 1 is 1.06 bits per heavy atom. The van der Waals surface area contributed by atoms with Gasteiger partial charge in [0.1, 0.15) is 36.6 Å². The van der Waals surface area contributed by atoms with Gasteiger partial charge in [0.25, 0.3) is 0 Å². The van der Waals surface area contributed by atoms with E-state index in [0.717, 1.165) is 6.08 Å². The molecule has 284 valence electrons. The number of aliphatic hydroxyl groups excluding tert-OH is 6. The molecule has 3 heterocycles. The van der Waals surface area contributed by atoms with Gasteiger partial charge in [0.2, 0.25) is 18.0 Å². The van der Waals surface area contributed by atoms with E-state index in [4.69, 9.17) is 28.4 Å². The highest BCUT2D eigenvalue weighted by Gasteiger charge is 2.85. The number of hydrogen-bond acceptors (Lipinski definition) is 16. The second kappa shape index (κ2) is 13.2. The predicted molar refractivity (Wildman–Crippen MR) is 168 cm³/mol. The minimum Gasteiger partial charge on any atom is -0.460 e. The van der Waals surface area contributed by atoms with Gasteiger partial charge in [-0.15, -0.1) is 0 Å². The Morgan fingerprint density at radius 3 is 2.37 bits per heavy atom. The molecule has 6 rings (SSSR count). The third-order valence-electron chi connectivity index (χ3n) is 12.3. The number of fused-ring (bicyclic) bond motifs is 2. The summed E-state index contributed by atoms with van der Waals surface area (Å²) in [6, 6.07) is 0. The number of carbonyl (C=O) groups excluding carboxylic acids is 4. The van der Waals surface area contributed by atoms with Crippen molar-refractivity contribution >= 4 is 23.7 Å². The van der Waals surface area contributed by atoms with Gasteiger partial charge in [-0.2, -0.15) is 0 Å². The lowest BCUT2D eigenvalue weighted by atomic mass is 9.38. The van der Waals surface area contributed by atoms with E-state index >= 15 is 0 Å². The molecule has 3 aliphatic carbocycles. The molecule has 0 amide bonds. The van der Waals surface area contributed by atoms with Gasteiger partial charge in [-0.1, -0.05) is 26.3 Å². The van der Waals surface area contributed by atoms with Crippen molar-refractivity contribution in [3.8, 4) is 0 Å². The molecule has 0 aromatic heterocycles. The van der Waals surface area contributed by atoms with Crippen LogP contribution in [0.25, 0.3) is 0 Å². The number of carbonyl (C=O) groups is 4. The average Bonchev–Trinajstić information content (AvgIpc) is 3.38. The average molecular weight is 725 g/mol. The van der Waals surface area contributed by atoms with E-state index in [1.165, 1.54) is 6.08 Å². The van der Waals surface area contributed by atoms with Crippen LogP contribution in [0.5, 0.6) is 0 Å². The highest BCUT2D eigenvalue weighted by atomic mass is 16.7. The Labute approximate surface area is 294 Å². The minimum absolute atomic E-state index is 0.0449. The zero-order valence-corrected chi connectivity index (χ0v) is 29.3. The van der Waals surface area contributed by atoms with Crippen molar-refractivity contribution in [2.24, 2.45) is 34.5 Å². The second-order valence-corrected chi connectivity index (χ2v) is 15.4. The fourth-order valence-corrected chi connectivity index (χ4v) is 9.77. The summed E-state index contributed by atoms with van der Waals surface area (Å²) in [6.45, 7) is 8.98. The standard InChI is InChI=1S/C35H48O16/c1-7-14(4)47-32(45)35-28-26(51-20(37)8-13(2)3)30(44)50-19-9-16-15(5)21(38)17(48-31-24(41)23(40)22(39)18(11-36)49-31)10-33(16,6)27(25(42)29(35)43)34(19,28)12-46-35/h8,10,14-16,18-19,22-29,31,36,39-43H,7,9,11-12H2,1-6H3. The molecule has 0 radical (unpaired) electrons. The molecular weight excluding hydrogens is 676 g/mol. The Bertz CT molecular complexity index is 1500. The summed E-state index contributed by atoms with van der Waals surface area (Å²) in [5, 5.41) is 65.2. The van der Waals surface area contributed by atoms with Crippen LogP contribution in [0.1, 0.15) is 54.4 Å². The zero-order chi connectivity index (χ0) is 37.5. The van der Waals surface area contributed by atoms with Crippen molar-refractivity contribution in [2.75, 3.05) is 13.2 Å². The van der Waals surface area contributed by atoms with Crippen molar-refractivity contribution in [3.63, 3.8) is 0 Å². The van der Waals surface area contributed by atoms with E-state index in [-0.39, 0.29) is 18.8 Å². The van der Waals surface area contributed by atoms with Crippen LogP contribution >= 0.6 is 0 Å². The summed E-state index contributed by atoms with van der Waals surface area (Å²) in [4.78, 5) is 54.9. The van der Waals surface area contributed by atoms with Crippen LogP contribution in [0.3, 0.4) is 0 Å². The lowest BCUT2D eigenvalue weighted by molar-refractivity contribution is -0.296. The number of allylic oxidation sites excluding steroid dienone is 3. The molecule has 17 unspecified atom stereocenters. The maximum atomic E-state index is 14.2. The monoisotopic (exact) mass is 724 g/mol. The number of rotatable bonds is 8. The zero-order valence-electron chi connectivity index (χ0n) is 29.3. The first-order valence-electron chi connectivity index (χ1n) is 17.4. The highest BCUT2D eigenvalue weighted by Crippen LogP contribution is 2.72. The maximum absolute atomic E-state index is 14.2. The van der Waals surface area contributed by atoms with Crippen molar-refractivity contribution < 1.29 is 78.2 Å². The van der Waals surface area contributed by atoms with Crippen molar-refractivity contribution in [1.82, 2.24) is 0 Å². The third-order valence-corrected chi connectivity index (χ3v) is 12.3. The SMILES string of the molecule is CCC(C)OC(=O)C12OCC34C(CC5C(C)C(=O)C(OC6OC(CO)C(O)C(O)C6O)=CC5(C)C3C(O)C1O)OC(=O)C(OC(=O)C=C(C)C)C24. The van der Waals surface area contributed by atoms with Gasteiger partial charge in [-0.05, 0) is 51.0 Å². The summed E-state index contributed by atoms with van der Waals surface area (Å²) in [5.74, 6) is -7.82. The van der Waals surface area contributed by atoms with E-state index in [9.17, 15) is 49.8 Å². The van der Waals surface area contributed by atoms with Gasteiger partial charge in [0.05, 0.1) is 31.3 Å².